The summed E-state index contributed by atoms with van der Waals surface area (Å²) in [7, 11) is 0. The van der Waals surface area contributed by atoms with Crippen molar-refractivity contribution < 1.29 is 0 Å². The highest BCUT2D eigenvalue weighted by Gasteiger charge is 2.16. The summed E-state index contributed by atoms with van der Waals surface area (Å²) in [6, 6.07) is 0. The lowest BCUT2D eigenvalue weighted by Gasteiger charge is -2.15. The first kappa shape index (κ1) is 11.2. The predicted molar refractivity (Wildman–Crippen MR) is 59.2 cm³/mol. The molecule has 1 rings (SSSR count). The van der Waals surface area contributed by atoms with Gasteiger partial charge in [-0.25, -0.2) is 4.98 Å². The Labute approximate surface area is 86.1 Å². The van der Waals surface area contributed by atoms with E-state index in [4.69, 9.17) is 5.73 Å². The minimum absolute atomic E-state index is 0.150. The number of hydrogen-bond acceptors (Lipinski definition) is 2. The van der Waals surface area contributed by atoms with Crippen molar-refractivity contribution in [3.63, 3.8) is 0 Å². The minimum Gasteiger partial charge on any atom is -0.345 e. The third-order valence-electron chi connectivity index (χ3n) is 2.38. The normalized spacial score (nSPS) is 14.4. The molecule has 3 heteroatoms. The Kier molecular flexibility index (Phi) is 3.32. The van der Waals surface area contributed by atoms with Crippen LogP contribution in [0.4, 0.5) is 0 Å². The number of nitrogens with zero attached hydrogens (tertiary/aromatic N) is 1. The lowest BCUT2D eigenvalue weighted by molar-refractivity contribution is 0.556. The molecule has 0 aliphatic heterocycles. The molecule has 0 radical (unpaired) electrons. The Hall–Kier alpha value is -0.830. The van der Waals surface area contributed by atoms with Gasteiger partial charge in [0, 0.05) is 23.7 Å². The predicted octanol–water partition coefficient (Wildman–Crippen LogP) is 1.84. The first-order valence-corrected chi connectivity index (χ1v) is 5.18. The largest absolute Gasteiger partial charge is 0.345 e. The molecule has 0 bridgehead atoms. The Morgan fingerprint density at radius 1 is 1.50 bits per heavy atom. The van der Waals surface area contributed by atoms with Crippen LogP contribution >= 0.6 is 0 Å². The van der Waals surface area contributed by atoms with E-state index < -0.39 is 0 Å². The molecule has 0 spiro atoms. The molecular weight excluding hydrogens is 174 g/mol. The van der Waals surface area contributed by atoms with E-state index in [2.05, 4.69) is 37.7 Å². The van der Waals surface area contributed by atoms with E-state index in [9.17, 15) is 0 Å². The average molecular weight is 195 g/mol. The van der Waals surface area contributed by atoms with Crippen LogP contribution in [-0.2, 0) is 11.8 Å². The number of aromatic amines is 1. The third kappa shape index (κ3) is 2.84. The van der Waals surface area contributed by atoms with Crippen LogP contribution < -0.4 is 5.73 Å². The van der Waals surface area contributed by atoms with E-state index in [1.165, 1.54) is 5.69 Å². The lowest BCUT2D eigenvalue weighted by Crippen LogP contribution is -2.15. The molecule has 1 aromatic heterocycles. The molecule has 3 nitrogen and oxygen atoms in total. The number of nitrogens with one attached hydrogen (secondary N) is 1. The van der Waals surface area contributed by atoms with Gasteiger partial charge in [0.25, 0.3) is 0 Å². The van der Waals surface area contributed by atoms with Crippen molar-refractivity contribution in [3.05, 3.63) is 17.7 Å². The van der Waals surface area contributed by atoms with Gasteiger partial charge in [-0.1, -0.05) is 27.7 Å². The number of imidazole rings is 1. The SMILES string of the molecule is CC(CN)Cc1ncc(C(C)(C)C)[nH]1. The van der Waals surface area contributed by atoms with Crippen molar-refractivity contribution in [1.82, 2.24) is 9.97 Å². The van der Waals surface area contributed by atoms with Crippen molar-refractivity contribution >= 4 is 0 Å². The molecule has 0 fully saturated rings. The molecule has 0 saturated heterocycles. The monoisotopic (exact) mass is 195 g/mol. The van der Waals surface area contributed by atoms with Gasteiger partial charge < -0.3 is 10.7 Å². The van der Waals surface area contributed by atoms with Crippen LogP contribution in [0.3, 0.4) is 0 Å². The lowest BCUT2D eigenvalue weighted by atomic mass is 9.93. The van der Waals surface area contributed by atoms with E-state index in [1.54, 1.807) is 0 Å². The molecule has 3 N–H and O–H groups in total. The molecule has 1 aromatic rings. The van der Waals surface area contributed by atoms with E-state index in [1.807, 2.05) is 6.20 Å². The van der Waals surface area contributed by atoms with Crippen molar-refractivity contribution in [1.29, 1.82) is 0 Å². The Morgan fingerprint density at radius 2 is 2.14 bits per heavy atom. The first-order valence-electron chi connectivity index (χ1n) is 5.18. The van der Waals surface area contributed by atoms with Crippen LogP contribution in [0.2, 0.25) is 0 Å². The summed E-state index contributed by atoms with van der Waals surface area (Å²) >= 11 is 0. The second-order valence-corrected chi connectivity index (χ2v) is 5.04. The van der Waals surface area contributed by atoms with Crippen LogP contribution in [0.1, 0.15) is 39.2 Å². The van der Waals surface area contributed by atoms with Crippen molar-refractivity contribution in [2.75, 3.05) is 6.54 Å². The van der Waals surface area contributed by atoms with Crippen molar-refractivity contribution in [3.8, 4) is 0 Å². The zero-order valence-electron chi connectivity index (χ0n) is 9.59. The summed E-state index contributed by atoms with van der Waals surface area (Å²) in [6.45, 7) is 9.38. The number of rotatable bonds is 3. The number of aromatic nitrogens is 2. The van der Waals surface area contributed by atoms with Crippen LogP contribution in [0, 0.1) is 5.92 Å². The molecule has 80 valence electrons. The van der Waals surface area contributed by atoms with Gasteiger partial charge in [0.1, 0.15) is 5.82 Å². The highest BCUT2D eigenvalue weighted by molar-refractivity contribution is 5.11. The minimum atomic E-state index is 0.150. The van der Waals surface area contributed by atoms with Crippen LogP contribution in [0.15, 0.2) is 6.20 Å². The van der Waals surface area contributed by atoms with Gasteiger partial charge in [-0.2, -0.15) is 0 Å². The molecule has 0 aliphatic rings. The van der Waals surface area contributed by atoms with Gasteiger partial charge in [0.05, 0.1) is 0 Å². The standard InChI is InChI=1S/C11H21N3/c1-8(6-12)5-10-13-7-9(14-10)11(2,3)4/h7-8H,5-6,12H2,1-4H3,(H,13,14). The van der Waals surface area contributed by atoms with Crippen LogP contribution in [0.25, 0.3) is 0 Å². The molecule has 0 aromatic carbocycles. The van der Waals surface area contributed by atoms with Gasteiger partial charge in [-0.05, 0) is 12.5 Å². The fourth-order valence-electron chi connectivity index (χ4n) is 1.26. The van der Waals surface area contributed by atoms with Crippen LogP contribution in [-0.4, -0.2) is 16.5 Å². The summed E-state index contributed by atoms with van der Waals surface area (Å²) in [5.41, 5.74) is 6.91. The van der Waals surface area contributed by atoms with E-state index in [0.717, 1.165) is 12.2 Å². The third-order valence-corrected chi connectivity index (χ3v) is 2.38. The molecule has 1 heterocycles. The highest BCUT2D eigenvalue weighted by atomic mass is 14.9. The molecular formula is C11H21N3. The zero-order valence-corrected chi connectivity index (χ0v) is 9.59. The van der Waals surface area contributed by atoms with Crippen molar-refractivity contribution in [2.45, 2.75) is 39.5 Å². The van der Waals surface area contributed by atoms with E-state index >= 15 is 0 Å². The van der Waals surface area contributed by atoms with Crippen molar-refractivity contribution in [2.24, 2.45) is 11.7 Å². The summed E-state index contributed by atoms with van der Waals surface area (Å²) in [6.07, 6.45) is 2.87. The maximum Gasteiger partial charge on any atom is 0.106 e. The van der Waals surface area contributed by atoms with Crippen LogP contribution in [0.5, 0.6) is 0 Å². The Bertz CT molecular complexity index is 283. The molecule has 0 aliphatic carbocycles. The van der Waals surface area contributed by atoms with Gasteiger partial charge >= 0.3 is 0 Å². The molecule has 0 saturated carbocycles. The zero-order chi connectivity index (χ0) is 10.8. The van der Waals surface area contributed by atoms with Gasteiger partial charge in [-0.15, -0.1) is 0 Å². The molecule has 14 heavy (non-hydrogen) atoms. The van der Waals surface area contributed by atoms with Gasteiger partial charge in [0.15, 0.2) is 0 Å². The second kappa shape index (κ2) is 4.13. The number of nitrogens with two attached hydrogens (primary N) is 1. The summed E-state index contributed by atoms with van der Waals surface area (Å²) in [5, 5.41) is 0. The topological polar surface area (TPSA) is 54.7 Å². The second-order valence-electron chi connectivity index (χ2n) is 5.04. The quantitative estimate of drug-likeness (QED) is 0.773. The smallest absolute Gasteiger partial charge is 0.106 e. The highest BCUT2D eigenvalue weighted by Crippen LogP contribution is 2.20. The molecule has 0 amide bonds. The summed E-state index contributed by atoms with van der Waals surface area (Å²) in [5.74, 6) is 1.54. The maximum absolute atomic E-state index is 5.57. The van der Waals surface area contributed by atoms with Gasteiger partial charge in [-0.3, -0.25) is 0 Å². The average Bonchev–Trinajstić information content (AvgIpc) is 2.51. The summed E-state index contributed by atoms with van der Waals surface area (Å²) < 4.78 is 0. The van der Waals surface area contributed by atoms with E-state index in [-0.39, 0.29) is 5.41 Å². The maximum atomic E-state index is 5.57. The van der Waals surface area contributed by atoms with Gasteiger partial charge in [0.2, 0.25) is 0 Å². The Morgan fingerprint density at radius 3 is 2.57 bits per heavy atom. The summed E-state index contributed by atoms with van der Waals surface area (Å²) in [4.78, 5) is 7.71. The number of H-pyrrole nitrogens is 1. The fourth-order valence-corrected chi connectivity index (χ4v) is 1.26. The number of hydrogen-bond donors (Lipinski definition) is 2. The van der Waals surface area contributed by atoms with E-state index in [0.29, 0.717) is 12.5 Å². The Balaban J connectivity index is 2.69. The molecule has 1 unspecified atom stereocenters. The molecule has 1 atom stereocenters. The fraction of sp³-hybridized carbons (Fsp3) is 0.727. The first-order chi connectivity index (χ1) is 6.43.